The van der Waals surface area contributed by atoms with Gasteiger partial charge in [-0.2, -0.15) is 4.80 Å². The van der Waals surface area contributed by atoms with E-state index in [0.717, 1.165) is 55.3 Å². The lowest BCUT2D eigenvalue weighted by Gasteiger charge is -2.47. The first kappa shape index (κ1) is 23.6. The van der Waals surface area contributed by atoms with Crippen molar-refractivity contribution in [2.45, 2.75) is 25.8 Å². The molecule has 2 aromatic heterocycles. The standard InChI is InChI=1S/C24H31Cl2N7O/c1-15(19-6-5-18(25)10-20(19)26)27-21-11-22(28-24-23(21)29-31(2)30-24)33-13-17(14-33)16-4-3-7-32(12-16)8-9-34/h5-6,10-11,15-17,27,34H,3-4,7-9,12-14H2,1-2H3/t15-,16?/m1/s1. The third-order valence-corrected chi connectivity index (χ3v) is 7.67. The minimum atomic E-state index is -0.0471. The number of piperidine rings is 1. The molecule has 34 heavy (non-hydrogen) atoms. The number of β-amino-alcohol motifs (C(OH)–C–C–N with tert-alkyl or cyclic N) is 1. The van der Waals surface area contributed by atoms with Crippen LogP contribution < -0.4 is 10.2 Å². The zero-order chi connectivity index (χ0) is 23.8. The van der Waals surface area contributed by atoms with Gasteiger partial charge in [-0.1, -0.05) is 29.3 Å². The molecule has 2 aliphatic rings. The van der Waals surface area contributed by atoms with Gasteiger partial charge in [-0.05, 0) is 55.8 Å². The van der Waals surface area contributed by atoms with E-state index < -0.39 is 0 Å². The Balaban J connectivity index is 1.33. The molecule has 182 valence electrons. The van der Waals surface area contributed by atoms with Crippen LogP contribution in [0.2, 0.25) is 10.0 Å². The molecule has 3 aromatic rings. The van der Waals surface area contributed by atoms with Gasteiger partial charge in [0.1, 0.15) is 5.82 Å². The molecule has 1 aromatic carbocycles. The summed E-state index contributed by atoms with van der Waals surface area (Å²) in [5, 5.41) is 23.1. The van der Waals surface area contributed by atoms with Gasteiger partial charge in [0.15, 0.2) is 5.52 Å². The van der Waals surface area contributed by atoms with Gasteiger partial charge in [0.25, 0.3) is 0 Å². The fraction of sp³-hybridized carbons (Fsp3) is 0.542. The SMILES string of the molecule is C[C@@H](Nc1cc(N2CC(C3CCCN(CCO)C3)C2)nc2nn(C)nc12)c1ccc(Cl)cc1Cl. The lowest BCUT2D eigenvalue weighted by molar-refractivity contribution is 0.102. The van der Waals surface area contributed by atoms with Gasteiger partial charge < -0.3 is 20.2 Å². The Bertz CT molecular complexity index is 1160. The van der Waals surface area contributed by atoms with Crippen molar-refractivity contribution < 1.29 is 5.11 Å². The number of aliphatic hydroxyl groups is 1. The average molecular weight is 504 g/mol. The lowest BCUT2D eigenvalue weighted by Crippen LogP contribution is -2.54. The number of anilines is 2. The first-order valence-corrected chi connectivity index (χ1v) is 12.7. The van der Waals surface area contributed by atoms with Crippen LogP contribution in [0.5, 0.6) is 0 Å². The number of aliphatic hydroxyl groups excluding tert-OH is 1. The third-order valence-electron chi connectivity index (χ3n) is 7.10. The van der Waals surface area contributed by atoms with E-state index in [1.54, 1.807) is 10.9 Å². The highest BCUT2D eigenvalue weighted by molar-refractivity contribution is 6.35. The first-order chi connectivity index (χ1) is 16.4. The fourth-order valence-electron chi connectivity index (χ4n) is 5.24. The zero-order valence-electron chi connectivity index (χ0n) is 19.6. The Hall–Kier alpha value is -2.13. The number of nitrogens with one attached hydrogen (secondary N) is 1. The van der Waals surface area contributed by atoms with Gasteiger partial charge in [0, 0.05) is 49.3 Å². The van der Waals surface area contributed by atoms with Crippen LogP contribution in [0.4, 0.5) is 11.5 Å². The van der Waals surface area contributed by atoms with Crippen molar-refractivity contribution >= 4 is 45.9 Å². The third kappa shape index (κ3) is 4.82. The number of aryl methyl sites for hydroxylation is 1. The predicted molar refractivity (Wildman–Crippen MR) is 137 cm³/mol. The Kier molecular flexibility index (Phi) is 6.84. The van der Waals surface area contributed by atoms with Crippen molar-refractivity contribution in [3.63, 3.8) is 0 Å². The van der Waals surface area contributed by atoms with Gasteiger partial charge in [0.05, 0.1) is 18.3 Å². The molecule has 0 aliphatic carbocycles. The maximum absolute atomic E-state index is 9.29. The number of fused-ring (bicyclic) bond motifs is 1. The van der Waals surface area contributed by atoms with Crippen LogP contribution in [0.3, 0.4) is 0 Å². The summed E-state index contributed by atoms with van der Waals surface area (Å²) in [6.45, 7) is 7.26. The van der Waals surface area contributed by atoms with Crippen molar-refractivity contribution in [2.75, 3.05) is 49.5 Å². The molecule has 8 nitrogen and oxygen atoms in total. The Morgan fingerprint density at radius 2 is 1.97 bits per heavy atom. The number of rotatable bonds is 7. The number of hydrogen-bond acceptors (Lipinski definition) is 7. The van der Waals surface area contributed by atoms with Crippen LogP contribution in [-0.2, 0) is 7.05 Å². The number of nitrogens with zero attached hydrogens (tertiary/aromatic N) is 6. The normalized spacial score (nSPS) is 20.5. The summed E-state index contributed by atoms with van der Waals surface area (Å²) in [7, 11) is 1.81. The number of hydrogen-bond donors (Lipinski definition) is 2. The monoisotopic (exact) mass is 503 g/mol. The van der Waals surface area contributed by atoms with E-state index in [2.05, 4.69) is 38.3 Å². The highest BCUT2D eigenvalue weighted by Gasteiger charge is 2.36. The molecule has 2 N–H and O–H groups in total. The summed E-state index contributed by atoms with van der Waals surface area (Å²) in [5.74, 6) is 2.26. The van der Waals surface area contributed by atoms with Crippen LogP contribution in [0.25, 0.3) is 11.2 Å². The number of halogens is 2. The Morgan fingerprint density at radius 1 is 1.15 bits per heavy atom. The van der Waals surface area contributed by atoms with Crippen LogP contribution in [-0.4, -0.2) is 69.3 Å². The van der Waals surface area contributed by atoms with E-state index in [4.69, 9.17) is 28.2 Å². The molecule has 0 radical (unpaired) electrons. The minimum absolute atomic E-state index is 0.0471. The van der Waals surface area contributed by atoms with Gasteiger partial charge in [-0.3, -0.25) is 0 Å². The molecule has 0 saturated carbocycles. The summed E-state index contributed by atoms with van der Waals surface area (Å²) in [6, 6.07) is 7.59. The second-order valence-electron chi connectivity index (χ2n) is 9.51. The molecule has 2 atom stereocenters. The second kappa shape index (κ2) is 9.85. The average Bonchev–Trinajstić information content (AvgIpc) is 3.14. The predicted octanol–water partition coefficient (Wildman–Crippen LogP) is 3.98. The van der Waals surface area contributed by atoms with Crippen LogP contribution >= 0.6 is 23.2 Å². The van der Waals surface area contributed by atoms with E-state index in [0.29, 0.717) is 27.5 Å². The van der Waals surface area contributed by atoms with Gasteiger partial charge in [-0.25, -0.2) is 4.98 Å². The minimum Gasteiger partial charge on any atom is -0.395 e. The fourth-order valence-corrected chi connectivity index (χ4v) is 5.81. The first-order valence-electron chi connectivity index (χ1n) is 11.9. The van der Waals surface area contributed by atoms with Crippen LogP contribution in [0.15, 0.2) is 24.3 Å². The van der Waals surface area contributed by atoms with Gasteiger partial charge >= 0.3 is 0 Å². The number of pyridine rings is 1. The summed E-state index contributed by atoms with van der Waals surface area (Å²) in [4.78, 5) is 11.1. The molecule has 10 heteroatoms. The highest BCUT2D eigenvalue weighted by atomic mass is 35.5. The number of aromatic nitrogens is 4. The molecule has 2 fully saturated rings. The quantitative estimate of drug-likeness (QED) is 0.504. The Labute approximate surface area is 209 Å². The molecular formula is C24H31Cl2N7O. The number of benzene rings is 1. The summed E-state index contributed by atoms with van der Waals surface area (Å²) in [6.07, 6.45) is 2.48. The molecule has 0 spiro atoms. The van der Waals surface area contributed by atoms with E-state index in [9.17, 15) is 5.11 Å². The molecule has 5 rings (SSSR count). The molecule has 0 bridgehead atoms. The van der Waals surface area contributed by atoms with E-state index in [1.165, 1.54) is 12.8 Å². The van der Waals surface area contributed by atoms with Crippen molar-refractivity contribution in [3.05, 3.63) is 39.9 Å². The van der Waals surface area contributed by atoms with Gasteiger partial charge in [-0.15, -0.1) is 10.2 Å². The zero-order valence-corrected chi connectivity index (χ0v) is 21.1. The van der Waals surface area contributed by atoms with E-state index in [-0.39, 0.29) is 12.6 Å². The largest absolute Gasteiger partial charge is 0.395 e. The molecular weight excluding hydrogens is 473 g/mol. The van der Waals surface area contributed by atoms with Crippen LogP contribution in [0, 0.1) is 11.8 Å². The number of likely N-dealkylation sites (tertiary alicyclic amines) is 1. The molecule has 4 heterocycles. The van der Waals surface area contributed by atoms with Crippen molar-refractivity contribution in [3.8, 4) is 0 Å². The van der Waals surface area contributed by atoms with E-state index >= 15 is 0 Å². The topological polar surface area (TPSA) is 82.3 Å². The smallest absolute Gasteiger partial charge is 0.205 e. The summed E-state index contributed by atoms with van der Waals surface area (Å²) < 4.78 is 0. The summed E-state index contributed by atoms with van der Waals surface area (Å²) in [5.41, 5.74) is 3.23. The Morgan fingerprint density at radius 3 is 2.74 bits per heavy atom. The molecule has 1 unspecified atom stereocenters. The molecule has 0 amide bonds. The maximum atomic E-state index is 9.29. The van der Waals surface area contributed by atoms with Crippen LogP contribution in [0.1, 0.15) is 31.4 Å². The summed E-state index contributed by atoms with van der Waals surface area (Å²) >= 11 is 12.5. The van der Waals surface area contributed by atoms with Crippen molar-refractivity contribution in [1.29, 1.82) is 0 Å². The molecule has 2 saturated heterocycles. The van der Waals surface area contributed by atoms with Gasteiger partial charge in [0.2, 0.25) is 5.65 Å². The second-order valence-corrected chi connectivity index (χ2v) is 10.4. The van der Waals surface area contributed by atoms with E-state index in [1.807, 2.05) is 19.2 Å². The molecule has 2 aliphatic heterocycles. The van der Waals surface area contributed by atoms with Crippen molar-refractivity contribution in [2.24, 2.45) is 18.9 Å². The van der Waals surface area contributed by atoms with Crippen molar-refractivity contribution in [1.82, 2.24) is 24.9 Å². The maximum Gasteiger partial charge on any atom is 0.205 e. The lowest BCUT2D eigenvalue weighted by atomic mass is 9.80. The highest BCUT2D eigenvalue weighted by Crippen LogP contribution is 2.36.